The van der Waals surface area contributed by atoms with Crippen molar-refractivity contribution in [1.29, 1.82) is 0 Å². The lowest BCUT2D eigenvalue weighted by Gasteiger charge is -2.32. The summed E-state index contributed by atoms with van der Waals surface area (Å²) in [4.78, 5) is 14.0. The first-order valence-electron chi connectivity index (χ1n) is 7.29. The maximum Gasteiger partial charge on any atom is 0.331 e. The zero-order valence-corrected chi connectivity index (χ0v) is 13.9. The highest BCUT2D eigenvalue weighted by atomic mass is 32.1. The minimum atomic E-state index is -2.73. The maximum absolute atomic E-state index is 12.1. The number of nitrogens with two attached hydrogens (primary N) is 1. The van der Waals surface area contributed by atoms with Gasteiger partial charge in [0.15, 0.2) is 10.8 Å². The highest BCUT2D eigenvalue weighted by Crippen LogP contribution is 2.26. The summed E-state index contributed by atoms with van der Waals surface area (Å²) < 4.78 is 24.2. The van der Waals surface area contributed by atoms with E-state index in [4.69, 9.17) is 5.73 Å². The molecule has 5 nitrogen and oxygen atoms in total. The number of hydrogen-bond donors (Lipinski definition) is 1. The predicted octanol–water partition coefficient (Wildman–Crippen LogP) is 3.03. The first-order chi connectivity index (χ1) is 11.1. The molecular weight excluding hydrogens is 320 g/mol. The van der Waals surface area contributed by atoms with Gasteiger partial charge in [0.1, 0.15) is 0 Å². The van der Waals surface area contributed by atoms with Crippen LogP contribution >= 0.6 is 11.3 Å². The van der Waals surface area contributed by atoms with Crippen molar-refractivity contribution in [3.63, 3.8) is 0 Å². The number of hydrogen-bond acceptors (Lipinski definition) is 6. The standard InChI is InChI=1S/C15H19F2N5S/c1-3-12-10(11(18)5-6-20-15(16)17)9-21-13(22(12)4-2)14-19-7-8-23-14/h5-8,15H,3-4,9,18H2,1-2H3. The Morgan fingerprint density at radius 1 is 1.52 bits per heavy atom. The number of halogens is 2. The first-order valence-corrected chi connectivity index (χ1v) is 8.17. The molecule has 0 saturated heterocycles. The smallest absolute Gasteiger partial charge is 0.331 e. The van der Waals surface area contributed by atoms with E-state index >= 15 is 0 Å². The molecule has 0 unspecified atom stereocenters. The molecule has 23 heavy (non-hydrogen) atoms. The van der Waals surface area contributed by atoms with Gasteiger partial charge in [-0.3, -0.25) is 4.99 Å². The van der Waals surface area contributed by atoms with Gasteiger partial charge in [-0.15, -0.1) is 11.3 Å². The van der Waals surface area contributed by atoms with Crippen LogP contribution in [0.2, 0.25) is 0 Å². The second-order valence-electron chi connectivity index (χ2n) is 4.70. The van der Waals surface area contributed by atoms with Gasteiger partial charge in [0.05, 0.1) is 6.54 Å². The van der Waals surface area contributed by atoms with E-state index in [-0.39, 0.29) is 0 Å². The number of aromatic nitrogens is 1. The fraction of sp³-hybridized carbons (Fsp3) is 0.400. The Labute approximate surface area is 138 Å². The minimum absolute atomic E-state index is 0.402. The van der Waals surface area contributed by atoms with Crippen LogP contribution in [0.25, 0.3) is 0 Å². The molecule has 0 aliphatic carbocycles. The van der Waals surface area contributed by atoms with E-state index in [1.165, 1.54) is 17.4 Å². The summed E-state index contributed by atoms with van der Waals surface area (Å²) in [5.41, 5.74) is 8.33. The molecule has 1 aromatic heterocycles. The van der Waals surface area contributed by atoms with Gasteiger partial charge in [0, 0.05) is 41.3 Å². The van der Waals surface area contributed by atoms with Crippen LogP contribution in [-0.4, -0.2) is 41.6 Å². The number of aliphatic imine (C=N–C) groups is 2. The Morgan fingerprint density at radius 3 is 2.87 bits per heavy atom. The van der Waals surface area contributed by atoms with Crippen molar-refractivity contribution < 1.29 is 8.78 Å². The summed E-state index contributed by atoms with van der Waals surface area (Å²) in [6, 6.07) is 0. The molecule has 2 rings (SSSR count). The molecule has 8 heteroatoms. The quantitative estimate of drug-likeness (QED) is 0.640. The van der Waals surface area contributed by atoms with E-state index in [1.54, 1.807) is 6.20 Å². The van der Waals surface area contributed by atoms with Gasteiger partial charge in [0.25, 0.3) is 0 Å². The SMILES string of the molecule is CCC1=C(C(N)=CC=NC(F)F)CN=C(c2nccs2)N1CC. The largest absolute Gasteiger partial charge is 0.398 e. The Bertz CT molecular complexity index is 647. The normalized spacial score (nSPS) is 16.7. The Balaban J connectivity index is 2.33. The third-order valence-corrected chi connectivity index (χ3v) is 4.16. The Kier molecular flexibility index (Phi) is 5.97. The predicted molar refractivity (Wildman–Crippen MR) is 90.0 cm³/mol. The monoisotopic (exact) mass is 339 g/mol. The third kappa shape index (κ3) is 4.01. The van der Waals surface area contributed by atoms with Crippen LogP contribution in [0.4, 0.5) is 8.78 Å². The molecule has 0 saturated carbocycles. The van der Waals surface area contributed by atoms with E-state index in [9.17, 15) is 8.78 Å². The van der Waals surface area contributed by atoms with Crippen LogP contribution in [0.3, 0.4) is 0 Å². The van der Waals surface area contributed by atoms with E-state index in [1.807, 2.05) is 19.2 Å². The fourth-order valence-electron chi connectivity index (χ4n) is 2.43. The Hall–Kier alpha value is -2.09. The van der Waals surface area contributed by atoms with Gasteiger partial charge >= 0.3 is 6.55 Å². The maximum atomic E-state index is 12.1. The van der Waals surface area contributed by atoms with Crippen molar-refractivity contribution in [2.75, 3.05) is 13.1 Å². The molecule has 0 radical (unpaired) electrons. The molecule has 0 atom stereocenters. The molecule has 2 heterocycles. The fourth-order valence-corrected chi connectivity index (χ4v) is 3.08. The van der Waals surface area contributed by atoms with Crippen LogP contribution in [-0.2, 0) is 0 Å². The van der Waals surface area contributed by atoms with Crippen LogP contribution < -0.4 is 5.73 Å². The van der Waals surface area contributed by atoms with Crippen molar-refractivity contribution in [1.82, 2.24) is 9.88 Å². The number of rotatable bonds is 6. The number of thiazole rings is 1. The molecule has 0 amide bonds. The molecule has 2 N–H and O–H groups in total. The first kappa shape index (κ1) is 17.3. The average molecular weight is 339 g/mol. The van der Waals surface area contributed by atoms with Gasteiger partial charge in [-0.1, -0.05) is 6.92 Å². The third-order valence-electron chi connectivity index (χ3n) is 3.39. The lowest BCUT2D eigenvalue weighted by Crippen LogP contribution is -2.36. The summed E-state index contributed by atoms with van der Waals surface area (Å²) in [6.07, 6.45) is 4.94. The highest BCUT2D eigenvalue weighted by Gasteiger charge is 2.25. The van der Waals surface area contributed by atoms with Crippen molar-refractivity contribution in [2.45, 2.75) is 26.8 Å². The van der Waals surface area contributed by atoms with Crippen molar-refractivity contribution in [2.24, 2.45) is 15.7 Å². The summed E-state index contributed by atoms with van der Waals surface area (Å²) in [7, 11) is 0. The zero-order valence-electron chi connectivity index (χ0n) is 13.0. The summed E-state index contributed by atoms with van der Waals surface area (Å²) in [6.45, 7) is 2.46. The molecule has 124 valence electrons. The lowest BCUT2D eigenvalue weighted by atomic mass is 10.0. The molecule has 0 fully saturated rings. The van der Waals surface area contributed by atoms with Gasteiger partial charge in [0.2, 0.25) is 0 Å². The molecule has 0 bridgehead atoms. The van der Waals surface area contributed by atoms with Gasteiger partial charge < -0.3 is 10.6 Å². The van der Waals surface area contributed by atoms with Crippen LogP contribution in [0, 0.1) is 0 Å². The van der Waals surface area contributed by atoms with E-state index in [0.29, 0.717) is 12.2 Å². The average Bonchev–Trinajstić information content (AvgIpc) is 3.06. The molecule has 1 aliphatic rings. The summed E-state index contributed by atoms with van der Waals surface area (Å²) in [5.74, 6) is 0.831. The van der Waals surface area contributed by atoms with Crippen molar-refractivity contribution in [3.05, 3.63) is 39.6 Å². The number of allylic oxidation sites excluding steroid dienone is 2. The summed E-state index contributed by atoms with van der Waals surface area (Å²) >= 11 is 1.53. The second-order valence-corrected chi connectivity index (χ2v) is 5.59. The van der Waals surface area contributed by atoms with E-state index < -0.39 is 6.55 Å². The van der Waals surface area contributed by atoms with Crippen molar-refractivity contribution in [3.8, 4) is 0 Å². The van der Waals surface area contributed by atoms with Gasteiger partial charge in [-0.25, -0.2) is 9.98 Å². The number of nitrogens with zero attached hydrogens (tertiary/aromatic N) is 4. The number of amidine groups is 1. The van der Waals surface area contributed by atoms with Gasteiger partial charge in [-0.05, 0) is 19.4 Å². The molecular formula is C15H19F2N5S. The zero-order chi connectivity index (χ0) is 16.8. The topological polar surface area (TPSA) is 66.9 Å². The molecule has 1 aromatic rings. The molecule has 0 spiro atoms. The summed E-state index contributed by atoms with van der Waals surface area (Å²) in [5, 5.41) is 2.77. The minimum Gasteiger partial charge on any atom is -0.398 e. The molecule has 1 aliphatic heterocycles. The van der Waals surface area contributed by atoms with E-state index in [0.717, 1.165) is 41.3 Å². The second kappa shape index (κ2) is 7.96. The van der Waals surface area contributed by atoms with Crippen molar-refractivity contribution >= 4 is 23.4 Å². The Morgan fingerprint density at radius 2 is 2.30 bits per heavy atom. The van der Waals surface area contributed by atoms with Crippen LogP contribution in [0.1, 0.15) is 25.3 Å². The highest BCUT2D eigenvalue weighted by molar-refractivity contribution is 7.11. The lowest BCUT2D eigenvalue weighted by molar-refractivity contribution is 0.161. The van der Waals surface area contributed by atoms with Crippen LogP contribution in [0.5, 0.6) is 0 Å². The molecule has 0 aromatic carbocycles. The van der Waals surface area contributed by atoms with Crippen LogP contribution in [0.15, 0.2) is 44.6 Å². The van der Waals surface area contributed by atoms with Gasteiger partial charge in [-0.2, -0.15) is 8.78 Å². The number of alkyl halides is 2. The van der Waals surface area contributed by atoms with E-state index in [2.05, 4.69) is 19.9 Å².